The highest BCUT2D eigenvalue weighted by molar-refractivity contribution is 5.51. The lowest BCUT2D eigenvalue weighted by Gasteiger charge is -2.39. The highest BCUT2D eigenvalue weighted by atomic mass is 14.9. The van der Waals surface area contributed by atoms with Crippen molar-refractivity contribution in [3.8, 4) is 0 Å². The second kappa shape index (κ2) is 4.36. The second-order valence-electron chi connectivity index (χ2n) is 5.55. The van der Waals surface area contributed by atoms with E-state index in [-0.39, 0.29) is 0 Å². The van der Waals surface area contributed by atoms with Crippen LogP contribution in [0.2, 0.25) is 0 Å². The number of rotatable bonds is 2. The van der Waals surface area contributed by atoms with Gasteiger partial charge in [-0.25, -0.2) is 0 Å². The van der Waals surface area contributed by atoms with Crippen LogP contribution in [-0.4, -0.2) is 6.04 Å². The van der Waals surface area contributed by atoms with Gasteiger partial charge in [0.15, 0.2) is 0 Å². The van der Waals surface area contributed by atoms with Crippen molar-refractivity contribution in [3.05, 3.63) is 24.3 Å². The van der Waals surface area contributed by atoms with Gasteiger partial charge in [0.2, 0.25) is 0 Å². The molecule has 0 bridgehead atoms. The highest BCUT2D eigenvalue weighted by Crippen LogP contribution is 2.37. The van der Waals surface area contributed by atoms with Crippen molar-refractivity contribution in [2.45, 2.75) is 45.6 Å². The normalized spacial score (nSPS) is 24.0. The van der Waals surface area contributed by atoms with Gasteiger partial charge in [-0.3, -0.25) is 0 Å². The monoisotopic (exact) mass is 218 g/mol. The van der Waals surface area contributed by atoms with E-state index in [1.165, 1.54) is 31.4 Å². The first-order chi connectivity index (χ1) is 7.58. The van der Waals surface area contributed by atoms with E-state index in [1.54, 1.807) is 0 Å². The lowest BCUT2D eigenvalue weighted by molar-refractivity contribution is 0.217. The average molecular weight is 218 g/mol. The van der Waals surface area contributed by atoms with Crippen molar-refractivity contribution in [1.29, 1.82) is 0 Å². The van der Waals surface area contributed by atoms with Crippen LogP contribution < -0.4 is 11.1 Å². The number of nitrogens with one attached hydrogen (secondary N) is 1. The highest BCUT2D eigenvalue weighted by Gasteiger charge is 2.31. The fourth-order valence-electron chi connectivity index (χ4n) is 2.54. The molecule has 1 aliphatic carbocycles. The molecule has 2 heteroatoms. The van der Waals surface area contributed by atoms with Crippen molar-refractivity contribution in [2.24, 2.45) is 5.41 Å². The quantitative estimate of drug-likeness (QED) is 0.744. The Kier molecular flexibility index (Phi) is 3.08. The van der Waals surface area contributed by atoms with Gasteiger partial charge in [-0.1, -0.05) is 26.7 Å². The van der Waals surface area contributed by atoms with Crippen molar-refractivity contribution in [1.82, 2.24) is 0 Å². The molecule has 3 N–H and O–H groups in total. The third kappa shape index (κ3) is 2.49. The Balaban J connectivity index is 2.05. The van der Waals surface area contributed by atoms with Crippen LogP contribution in [0.3, 0.4) is 0 Å². The van der Waals surface area contributed by atoms with Crippen molar-refractivity contribution < 1.29 is 0 Å². The lowest BCUT2D eigenvalue weighted by Crippen LogP contribution is -2.38. The van der Waals surface area contributed by atoms with E-state index in [1.807, 2.05) is 12.1 Å². The minimum absolute atomic E-state index is 0.402. The van der Waals surface area contributed by atoms with Gasteiger partial charge in [-0.2, -0.15) is 0 Å². The van der Waals surface area contributed by atoms with Gasteiger partial charge in [0, 0.05) is 17.4 Å². The third-order valence-electron chi connectivity index (χ3n) is 3.76. The molecule has 0 heterocycles. The summed E-state index contributed by atoms with van der Waals surface area (Å²) in [5, 5.41) is 3.64. The Morgan fingerprint density at radius 2 is 1.88 bits per heavy atom. The topological polar surface area (TPSA) is 38.0 Å². The maximum absolute atomic E-state index is 5.69. The summed E-state index contributed by atoms with van der Waals surface area (Å²) >= 11 is 0. The van der Waals surface area contributed by atoms with Gasteiger partial charge in [-0.05, 0) is 42.5 Å². The molecule has 1 fully saturated rings. The molecular weight excluding hydrogens is 196 g/mol. The van der Waals surface area contributed by atoms with Gasteiger partial charge in [-0.15, -0.1) is 0 Å². The number of benzene rings is 1. The molecule has 0 spiro atoms. The molecule has 1 aromatic rings. The molecule has 0 amide bonds. The van der Waals surface area contributed by atoms with Crippen LogP contribution in [0.1, 0.15) is 39.5 Å². The Morgan fingerprint density at radius 3 is 2.50 bits per heavy atom. The van der Waals surface area contributed by atoms with E-state index in [0.717, 1.165) is 5.69 Å². The molecule has 1 saturated carbocycles. The Morgan fingerprint density at radius 1 is 1.19 bits per heavy atom. The van der Waals surface area contributed by atoms with Crippen LogP contribution in [0.4, 0.5) is 11.4 Å². The van der Waals surface area contributed by atoms with E-state index >= 15 is 0 Å². The van der Waals surface area contributed by atoms with E-state index in [9.17, 15) is 0 Å². The first-order valence-electron chi connectivity index (χ1n) is 6.20. The summed E-state index contributed by atoms with van der Waals surface area (Å²) in [7, 11) is 0. The number of anilines is 2. The molecule has 16 heavy (non-hydrogen) atoms. The molecule has 2 rings (SSSR count). The molecule has 1 unspecified atom stereocenters. The first-order valence-corrected chi connectivity index (χ1v) is 6.20. The van der Waals surface area contributed by atoms with Gasteiger partial charge in [0.25, 0.3) is 0 Å². The van der Waals surface area contributed by atoms with Crippen LogP contribution in [0.15, 0.2) is 24.3 Å². The minimum Gasteiger partial charge on any atom is -0.399 e. The van der Waals surface area contributed by atoms with Crippen molar-refractivity contribution in [3.63, 3.8) is 0 Å². The van der Waals surface area contributed by atoms with Crippen LogP contribution >= 0.6 is 0 Å². The molecule has 1 aromatic carbocycles. The first kappa shape index (κ1) is 11.3. The van der Waals surface area contributed by atoms with E-state index in [0.29, 0.717) is 11.5 Å². The maximum atomic E-state index is 5.69. The largest absolute Gasteiger partial charge is 0.399 e. The molecule has 1 aliphatic rings. The van der Waals surface area contributed by atoms with E-state index in [4.69, 9.17) is 5.73 Å². The zero-order chi connectivity index (χ0) is 11.6. The Hall–Kier alpha value is -1.18. The molecular formula is C14H22N2. The maximum Gasteiger partial charge on any atom is 0.0343 e. The van der Waals surface area contributed by atoms with Gasteiger partial charge in [0.05, 0.1) is 0 Å². The Bertz CT molecular complexity index is 340. The molecule has 0 aromatic heterocycles. The zero-order valence-electron chi connectivity index (χ0n) is 10.3. The van der Waals surface area contributed by atoms with E-state index < -0.39 is 0 Å². The van der Waals surface area contributed by atoms with Crippen LogP contribution in [0.25, 0.3) is 0 Å². The predicted molar refractivity (Wildman–Crippen MR) is 70.5 cm³/mol. The minimum atomic E-state index is 0.402. The molecule has 1 atom stereocenters. The fourth-order valence-corrected chi connectivity index (χ4v) is 2.54. The summed E-state index contributed by atoms with van der Waals surface area (Å²) in [6.07, 6.45) is 5.31. The molecule has 0 radical (unpaired) electrons. The van der Waals surface area contributed by atoms with Gasteiger partial charge < -0.3 is 11.1 Å². The summed E-state index contributed by atoms with van der Waals surface area (Å²) in [4.78, 5) is 0. The van der Waals surface area contributed by atoms with E-state index in [2.05, 4.69) is 31.3 Å². The number of nitrogens with two attached hydrogens (primary N) is 1. The molecule has 2 nitrogen and oxygen atoms in total. The molecule has 0 saturated heterocycles. The summed E-state index contributed by atoms with van der Waals surface area (Å²) in [5.74, 6) is 0. The van der Waals surface area contributed by atoms with Crippen LogP contribution in [0.5, 0.6) is 0 Å². The average Bonchev–Trinajstić information content (AvgIpc) is 2.24. The standard InChI is InChI=1S/C14H22N2/c1-14(2)10-4-3-5-13(14)16-12-8-6-11(15)7-9-12/h6-9,13,16H,3-5,10,15H2,1-2H3. The van der Waals surface area contributed by atoms with Crippen molar-refractivity contribution in [2.75, 3.05) is 11.1 Å². The zero-order valence-corrected chi connectivity index (χ0v) is 10.3. The smallest absolute Gasteiger partial charge is 0.0343 e. The van der Waals surface area contributed by atoms with Crippen molar-refractivity contribution >= 4 is 11.4 Å². The third-order valence-corrected chi connectivity index (χ3v) is 3.76. The number of nitrogen functional groups attached to an aromatic ring is 1. The second-order valence-corrected chi connectivity index (χ2v) is 5.55. The summed E-state index contributed by atoms with van der Waals surface area (Å²) in [5.41, 5.74) is 8.10. The van der Waals surface area contributed by atoms with Gasteiger partial charge >= 0.3 is 0 Å². The summed E-state index contributed by atoms with van der Waals surface area (Å²) in [6.45, 7) is 4.72. The molecule has 0 aliphatic heterocycles. The predicted octanol–water partition coefficient (Wildman–Crippen LogP) is 3.65. The number of hydrogen-bond donors (Lipinski definition) is 2. The Labute approximate surface area is 98.2 Å². The van der Waals surface area contributed by atoms with Crippen LogP contribution in [0, 0.1) is 5.41 Å². The number of hydrogen-bond acceptors (Lipinski definition) is 2. The lowest BCUT2D eigenvalue weighted by atomic mass is 9.73. The fraction of sp³-hybridized carbons (Fsp3) is 0.571. The molecule has 88 valence electrons. The van der Waals surface area contributed by atoms with Gasteiger partial charge in [0.1, 0.15) is 0 Å². The summed E-state index contributed by atoms with van der Waals surface area (Å²) < 4.78 is 0. The van der Waals surface area contributed by atoms with Crippen LogP contribution in [-0.2, 0) is 0 Å². The summed E-state index contributed by atoms with van der Waals surface area (Å²) in [6, 6.07) is 8.64. The SMILES string of the molecule is CC1(C)CCCCC1Nc1ccc(N)cc1.